The van der Waals surface area contributed by atoms with E-state index in [2.05, 4.69) is 10.1 Å². The van der Waals surface area contributed by atoms with E-state index in [-0.39, 0.29) is 5.56 Å². The number of hydrogen-bond donors (Lipinski definition) is 0. The van der Waals surface area contributed by atoms with E-state index in [1.165, 1.54) is 23.1 Å². The van der Waals surface area contributed by atoms with Crippen LogP contribution in [0.4, 0.5) is 0 Å². The van der Waals surface area contributed by atoms with Crippen LogP contribution in [0.1, 0.15) is 11.5 Å². The number of hydrogen-bond acceptors (Lipinski definition) is 7. The third kappa shape index (κ3) is 4.01. The lowest BCUT2D eigenvalue weighted by Crippen LogP contribution is -2.20. The Morgan fingerprint density at radius 2 is 1.84 bits per heavy atom. The second-order valence-electron chi connectivity index (χ2n) is 6.81. The molecule has 0 unspecified atom stereocenters. The number of thioether (sulfide) groups is 1. The van der Waals surface area contributed by atoms with Crippen LogP contribution in [0.3, 0.4) is 0 Å². The molecule has 0 saturated heterocycles. The van der Waals surface area contributed by atoms with Crippen molar-refractivity contribution >= 4 is 44.9 Å². The van der Waals surface area contributed by atoms with Gasteiger partial charge in [0.05, 0.1) is 17.0 Å². The molecule has 3 heterocycles. The Morgan fingerprint density at radius 1 is 1.06 bits per heavy atom. The lowest BCUT2D eigenvalue weighted by molar-refractivity contribution is 0.391. The highest BCUT2D eigenvalue weighted by molar-refractivity contribution is 7.98. The lowest BCUT2D eigenvalue weighted by atomic mass is 10.2. The second-order valence-corrected chi connectivity index (χ2v) is 9.11. The monoisotopic (exact) mass is 466 g/mol. The highest BCUT2D eigenvalue weighted by Crippen LogP contribution is 2.27. The Balaban J connectivity index is 1.48. The fraction of sp³-hybridized carbons (Fsp3) is 0.0909. The molecule has 0 spiro atoms. The van der Waals surface area contributed by atoms with E-state index < -0.39 is 0 Å². The molecule has 0 bridgehead atoms. The van der Waals surface area contributed by atoms with Gasteiger partial charge in [0.15, 0.2) is 5.16 Å². The molecule has 0 aliphatic rings. The molecule has 154 valence electrons. The van der Waals surface area contributed by atoms with Crippen molar-refractivity contribution in [3.63, 3.8) is 0 Å². The molecule has 5 rings (SSSR count). The molecular formula is C22H15ClN4O2S2. The number of aryl methyl sites for hydroxylation is 1. The maximum atomic E-state index is 13.2. The molecule has 0 amide bonds. The molecule has 0 atom stereocenters. The van der Waals surface area contributed by atoms with E-state index in [9.17, 15) is 4.79 Å². The van der Waals surface area contributed by atoms with E-state index in [0.717, 1.165) is 16.8 Å². The van der Waals surface area contributed by atoms with Crippen molar-refractivity contribution in [2.75, 3.05) is 0 Å². The van der Waals surface area contributed by atoms with E-state index in [1.54, 1.807) is 16.7 Å². The normalized spacial score (nSPS) is 11.3. The van der Waals surface area contributed by atoms with Gasteiger partial charge in [-0.15, -0.1) is 11.3 Å². The van der Waals surface area contributed by atoms with Gasteiger partial charge in [-0.3, -0.25) is 9.36 Å². The second kappa shape index (κ2) is 8.30. The van der Waals surface area contributed by atoms with E-state index in [0.29, 0.717) is 37.9 Å². The minimum absolute atomic E-state index is 0.0845. The predicted molar refractivity (Wildman–Crippen MR) is 124 cm³/mol. The first-order valence-electron chi connectivity index (χ1n) is 9.37. The van der Waals surface area contributed by atoms with Crippen LogP contribution >= 0.6 is 34.7 Å². The standard InChI is InChI=1S/C22H15ClN4O2S2/c1-13-2-8-16(9-3-13)27-21(28)19-17(10-11-30-19)24-22(27)31-12-18-25-20(26-29-18)14-4-6-15(23)7-5-14/h2-11H,12H2,1H3. The number of thiophene rings is 1. The zero-order valence-electron chi connectivity index (χ0n) is 16.3. The number of fused-ring (bicyclic) bond motifs is 1. The zero-order valence-corrected chi connectivity index (χ0v) is 18.7. The Bertz CT molecular complexity index is 1420. The van der Waals surface area contributed by atoms with Gasteiger partial charge < -0.3 is 4.52 Å². The summed E-state index contributed by atoms with van der Waals surface area (Å²) < 4.78 is 7.68. The van der Waals surface area contributed by atoms with Crippen LogP contribution in [0.5, 0.6) is 0 Å². The summed E-state index contributed by atoms with van der Waals surface area (Å²) >= 11 is 8.72. The molecule has 0 aliphatic carbocycles. The molecule has 0 N–H and O–H groups in total. The van der Waals surface area contributed by atoms with Crippen LogP contribution in [0.25, 0.3) is 27.3 Å². The minimum Gasteiger partial charge on any atom is -0.338 e. The molecular weight excluding hydrogens is 452 g/mol. The van der Waals surface area contributed by atoms with Crippen molar-refractivity contribution in [3.8, 4) is 17.1 Å². The number of rotatable bonds is 5. The summed E-state index contributed by atoms with van der Waals surface area (Å²) in [7, 11) is 0. The Kier molecular flexibility index (Phi) is 5.35. The van der Waals surface area contributed by atoms with E-state index in [4.69, 9.17) is 21.1 Å². The average molecular weight is 467 g/mol. The molecule has 0 fully saturated rings. The SMILES string of the molecule is Cc1ccc(-n2c(SCc3nc(-c4ccc(Cl)cc4)no3)nc3ccsc3c2=O)cc1. The molecule has 6 nitrogen and oxygen atoms in total. The van der Waals surface area contributed by atoms with Crippen molar-refractivity contribution in [1.29, 1.82) is 0 Å². The summed E-state index contributed by atoms with van der Waals surface area (Å²) in [6.07, 6.45) is 0. The number of aromatic nitrogens is 4. The number of halogens is 1. The largest absolute Gasteiger partial charge is 0.338 e. The minimum atomic E-state index is -0.0845. The van der Waals surface area contributed by atoms with Gasteiger partial charge in [-0.2, -0.15) is 4.98 Å². The maximum Gasteiger partial charge on any atom is 0.276 e. The van der Waals surface area contributed by atoms with Gasteiger partial charge >= 0.3 is 0 Å². The summed E-state index contributed by atoms with van der Waals surface area (Å²) in [6, 6.07) is 16.9. The van der Waals surface area contributed by atoms with Gasteiger partial charge in [-0.1, -0.05) is 46.2 Å². The fourth-order valence-corrected chi connectivity index (χ4v) is 4.80. The van der Waals surface area contributed by atoms with E-state index in [1.807, 2.05) is 54.8 Å². The molecule has 0 saturated carbocycles. The Hall–Kier alpha value is -2.94. The predicted octanol–water partition coefficient (Wildman–Crippen LogP) is 5.75. The van der Waals surface area contributed by atoms with Gasteiger partial charge in [0.1, 0.15) is 4.70 Å². The first-order valence-corrected chi connectivity index (χ1v) is 11.6. The average Bonchev–Trinajstić information content (AvgIpc) is 3.44. The topological polar surface area (TPSA) is 73.8 Å². The third-order valence-electron chi connectivity index (χ3n) is 4.64. The summed E-state index contributed by atoms with van der Waals surface area (Å²) in [5.41, 5.74) is 3.32. The smallest absolute Gasteiger partial charge is 0.276 e. The zero-order chi connectivity index (χ0) is 21.4. The first-order chi connectivity index (χ1) is 15.1. The Labute approximate surface area is 190 Å². The van der Waals surface area contributed by atoms with Gasteiger partial charge in [-0.25, -0.2) is 4.98 Å². The van der Waals surface area contributed by atoms with E-state index >= 15 is 0 Å². The van der Waals surface area contributed by atoms with Crippen LogP contribution in [-0.4, -0.2) is 19.7 Å². The van der Waals surface area contributed by atoms with Crippen LogP contribution in [0.15, 0.2) is 74.5 Å². The summed E-state index contributed by atoms with van der Waals surface area (Å²) in [5.74, 6) is 1.32. The van der Waals surface area contributed by atoms with Crippen molar-refractivity contribution in [1.82, 2.24) is 19.7 Å². The maximum absolute atomic E-state index is 13.2. The lowest BCUT2D eigenvalue weighted by Gasteiger charge is -2.11. The highest BCUT2D eigenvalue weighted by Gasteiger charge is 2.16. The number of nitrogens with zero attached hydrogens (tertiary/aromatic N) is 4. The molecule has 2 aromatic carbocycles. The third-order valence-corrected chi connectivity index (χ3v) is 6.70. The van der Waals surface area contributed by atoms with Crippen LogP contribution < -0.4 is 5.56 Å². The molecule has 3 aromatic heterocycles. The van der Waals surface area contributed by atoms with Gasteiger partial charge in [-0.05, 0) is 54.8 Å². The first kappa shape index (κ1) is 20.0. The molecule has 31 heavy (non-hydrogen) atoms. The van der Waals surface area contributed by atoms with Crippen molar-refractivity contribution in [2.45, 2.75) is 17.8 Å². The van der Waals surface area contributed by atoms with Gasteiger partial charge in [0, 0.05) is 10.6 Å². The fourth-order valence-electron chi connectivity index (χ4n) is 3.07. The van der Waals surface area contributed by atoms with Crippen molar-refractivity contribution in [2.24, 2.45) is 0 Å². The van der Waals surface area contributed by atoms with Crippen molar-refractivity contribution in [3.05, 3.63) is 86.8 Å². The molecule has 9 heteroatoms. The number of benzene rings is 2. The summed E-state index contributed by atoms with van der Waals surface area (Å²) in [6.45, 7) is 2.01. The van der Waals surface area contributed by atoms with Crippen LogP contribution in [-0.2, 0) is 5.75 Å². The molecule has 0 radical (unpaired) electrons. The quantitative estimate of drug-likeness (QED) is 0.242. The molecule has 5 aromatic rings. The van der Waals surface area contributed by atoms with Crippen LogP contribution in [0, 0.1) is 6.92 Å². The summed E-state index contributed by atoms with van der Waals surface area (Å²) in [4.78, 5) is 22.4. The summed E-state index contributed by atoms with van der Waals surface area (Å²) in [5, 5.41) is 7.15. The van der Waals surface area contributed by atoms with Crippen molar-refractivity contribution < 1.29 is 4.52 Å². The van der Waals surface area contributed by atoms with Gasteiger partial charge in [0.2, 0.25) is 11.7 Å². The molecule has 0 aliphatic heterocycles. The van der Waals surface area contributed by atoms with Crippen LogP contribution in [0.2, 0.25) is 5.02 Å². The van der Waals surface area contributed by atoms with Gasteiger partial charge in [0.25, 0.3) is 5.56 Å². The highest BCUT2D eigenvalue weighted by atomic mass is 35.5. The Morgan fingerprint density at radius 3 is 2.61 bits per heavy atom.